The summed E-state index contributed by atoms with van der Waals surface area (Å²) >= 11 is 0. The van der Waals surface area contributed by atoms with Crippen molar-refractivity contribution in [2.75, 3.05) is 6.61 Å². The standard InChI is InChI=1S/C14H18O3/c1-3-16-13(15)14(2)12(17-14)10-9-11-7-5-4-6-8-11/h4-8,12H,3,9-10H2,1-2H3/t12-,14-/m0/s1. The molecule has 0 spiro atoms. The third-order valence-electron chi connectivity index (χ3n) is 3.16. The number of carbonyl (C=O) groups is 1. The Kier molecular flexibility index (Phi) is 3.48. The lowest BCUT2D eigenvalue weighted by Crippen LogP contribution is -2.26. The van der Waals surface area contributed by atoms with Gasteiger partial charge in [-0.05, 0) is 32.3 Å². The monoisotopic (exact) mass is 234 g/mol. The summed E-state index contributed by atoms with van der Waals surface area (Å²) in [6.45, 7) is 4.02. The highest BCUT2D eigenvalue weighted by molar-refractivity contribution is 5.82. The molecule has 0 radical (unpaired) electrons. The highest BCUT2D eigenvalue weighted by atomic mass is 16.7. The number of esters is 1. The molecule has 1 heterocycles. The average molecular weight is 234 g/mol. The molecule has 0 bridgehead atoms. The number of carbonyl (C=O) groups excluding carboxylic acids is 1. The molecule has 92 valence electrons. The smallest absolute Gasteiger partial charge is 0.340 e. The van der Waals surface area contributed by atoms with Crippen molar-refractivity contribution < 1.29 is 14.3 Å². The van der Waals surface area contributed by atoms with E-state index in [2.05, 4.69) is 12.1 Å². The van der Waals surface area contributed by atoms with Crippen molar-refractivity contribution in [3.8, 4) is 0 Å². The zero-order chi connectivity index (χ0) is 12.3. The Morgan fingerprint density at radius 1 is 1.41 bits per heavy atom. The van der Waals surface area contributed by atoms with Crippen LogP contribution < -0.4 is 0 Å². The summed E-state index contributed by atoms with van der Waals surface area (Å²) in [5.41, 5.74) is 0.569. The molecule has 1 aromatic rings. The molecule has 0 aromatic heterocycles. The molecule has 3 heteroatoms. The molecule has 1 aliphatic rings. The fourth-order valence-corrected chi connectivity index (χ4v) is 1.99. The minimum absolute atomic E-state index is 0.00163. The molecule has 0 aliphatic carbocycles. The van der Waals surface area contributed by atoms with E-state index in [1.54, 1.807) is 6.92 Å². The fourth-order valence-electron chi connectivity index (χ4n) is 1.99. The maximum absolute atomic E-state index is 11.6. The lowest BCUT2D eigenvalue weighted by atomic mass is 10.0. The Morgan fingerprint density at radius 2 is 2.12 bits per heavy atom. The van der Waals surface area contributed by atoms with E-state index in [-0.39, 0.29) is 12.1 Å². The van der Waals surface area contributed by atoms with Gasteiger partial charge in [0.1, 0.15) is 0 Å². The highest BCUT2D eigenvalue weighted by Gasteiger charge is 2.59. The molecule has 0 amide bonds. The van der Waals surface area contributed by atoms with Gasteiger partial charge in [-0.25, -0.2) is 4.79 Å². The first-order valence-electron chi connectivity index (χ1n) is 6.06. The summed E-state index contributed by atoms with van der Waals surface area (Å²) in [7, 11) is 0. The molecule has 17 heavy (non-hydrogen) atoms. The summed E-state index contributed by atoms with van der Waals surface area (Å²) in [4.78, 5) is 11.6. The maximum atomic E-state index is 11.6. The van der Waals surface area contributed by atoms with Gasteiger partial charge in [-0.2, -0.15) is 0 Å². The molecule has 2 rings (SSSR count). The van der Waals surface area contributed by atoms with Gasteiger partial charge in [-0.3, -0.25) is 0 Å². The number of epoxide rings is 1. The van der Waals surface area contributed by atoms with Gasteiger partial charge < -0.3 is 9.47 Å². The van der Waals surface area contributed by atoms with E-state index in [0.29, 0.717) is 6.61 Å². The van der Waals surface area contributed by atoms with Gasteiger partial charge in [0.25, 0.3) is 0 Å². The van der Waals surface area contributed by atoms with Crippen molar-refractivity contribution in [2.45, 2.75) is 38.4 Å². The Hall–Kier alpha value is -1.35. The SMILES string of the molecule is CCOC(=O)[C@@]1(C)O[C@H]1CCc1ccccc1. The first kappa shape index (κ1) is 12.1. The number of hydrogen-bond donors (Lipinski definition) is 0. The zero-order valence-corrected chi connectivity index (χ0v) is 10.3. The second-order valence-electron chi connectivity index (χ2n) is 4.46. The van der Waals surface area contributed by atoms with Crippen LogP contribution in [0.5, 0.6) is 0 Å². The van der Waals surface area contributed by atoms with E-state index in [1.165, 1.54) is 5.56 Å². The molecular formula is C14H18O3. The van der Waals surface area contributed by atoms with E-state index in [4.69, 9.17) is 9.47 Å². The van der Waals surface area contributed by atoms with E-state index in [1.807, 2.05) is 25.1 Å². The van der Waals surface area contributed by atoms with Crippen LogP contribution in [0.25, 0.3) is 0 Å². The van der Waals surface area contributed by atoms with Gasteiger partial charge in [0.2, 0.25) is 0 Å². The predicted molar refractivity (Wildman–Crippen MR) is 64.7 cm³/mol. The van der Waals surface area contributed by atoms with Crippen LogP contribution in [0.1, 0.15) is 25.8 Å². The summed E-state index contributed by atoms with van der Waals surface area (Å²) in [5.74, 6) is -0.238. The third kappa shape index (κ3) is 2.67. The largest absolute Gasteiger partial charge is 0.464 e. The van der Waals surface area contributed by atoms with Gasteiger partial charge >= 0.3 is 5.97 Å². The van der Waals surface area contributed by atoms with Crippen molar-refractivity contribution in [1.29, 1.82) is 0 Å². The van der Waals surface area contributed by atoms with Crippen molar-refractivity contribution in [2.24, 2.45) is 0 Å². The minimum Gasteiger partial charge on any atom is -0.464 e. The molecule has 1 saturated heterocycles. The second-order valence-corrected chi connectivity index (χ2v) is 4.46. The molecule has 3 nitrogen and oxygen atoms in total. The topological polar surface area (TPSA) is 38.8 Å². The average Bonchev–Trinajstić information content (AvgIpc) is 3.01. The van der Waals surface area contributed by atoms with Gasteiger partial charge in [0, 0.05) is 0 Å². The minimum atomic E-state index is -0.704. The third-order valence-corrected chi connectivity index (χ3v) is 3.16. The van der Waals surface area contributed by atoms with Crippen LogP contribution in [0.4, 0.5) is 0 Å². The predicted octanol–water partition coefficient (Wildman–Crippen LogP) is 2.34. The van der Waals surface area contributed by atoms with Crippen LogP contribution >= 0.6 is 0 Å². The number of benzene rings is 1. The van der Waals surface area contributed by atoms with Gasteiger partial charge in [-0.15, -0.1) is 0 Å². The number of ether oxygens (including phenoxy) is 2. The molecule has 1 aromatic carbocycles. The van der Waals surface area contributed by atoms with Crippen LogP contribution in [-0.4, -0.2) is 24.3 Å². The Labute approximate surface area is 102 Å². The second kappa shape index (κ2) is 4.88. The van der Waals surface area contributed by atoms with E-state index >= 15 is 0 Å². The van der Waals surface area contributed by atoms with Crippen molar-refractivity contribution >= 4 is 5.97 Å². The Bertz CT molecular complexity index is 388. The quantitative estimate of drug-likeness (QED) is 0.580. The normalized spacial score (nSPS) is 26.6. The number of hydrogen-bond acceptors (Lipinski definition) is 3. The molecule has 1 aliphatic heterocycles. The number of rotatable bonds is 5. The van der Waals surface area contributed by atoms with Crippen molar-refractivity contribution in [1.82, 2.24) is 0 Å². The van der Waals surface area contributed by atoms with E-state index < -0.39 is 5.60 Å². The summed E-state index contributed by atoms with van der Waals surface area (Å²) in [6.07, 6.45) is 1.79. The molecule has 2 atom stereocenters. The molecule has 0 saturated carbocycles. The van der Waals surface area contributed by atoms with Gasteiger partial charge in [0.05, 0.1) is 12.7 Å². The molecule has 0 N–H and O–H groups in total. The molecule has 1 fully saturated rings. The van der Waals surface area contributed by atoms with Crippen molar-refractivity contribution in [3.05, 3.63) is 35.9 Å². The fraction of sp³-hybridized carbons (Fsp3) is 0.500. The van der Waals surface area contributed by atoms with Gasteiger partial charge in [-0.1, -0.05) is 30.3 Å². The Morgan fingerprint density at radius 3 is 2.76 bits per heavy atom. The van der Waals surface area contributed by atoms with Gasteiger partial charge in [0.15, 0.2) is 5.60 Å². The maximum Gasteiger partial charge on any atom is 0.340 e. The van der Waals surface area contributed by atoms with Crippen LogP contribution in [0.2, 0.25) is 0 Å². The highest BCUT2D eigenvalue weighted by Crippen LogP contribution is 2.40. The first-order valence-corrected chi connectivity index (χ1v) is 6.06. The van der Waals surface area contributed by atoms with Crippen LogP contribution in [0.15, 0.2) is 30.3 Å². The lowest BCUT2D eigenvalue weighted by Gasteiger charge is -2.05. The van der Waals surface area contributed by atoms with Crippen LogP contribution in [0.3, 0.4) is 0 Å². The summed E-state index contributed by atoms with van der Waals surface area (Å²) in [5, 5.41) is 0. The van der Waals surface area contributed by atoms with Crippen LogP contribution in [0, 0.1) is 0 Å². The van der Waals surface area contributed by atoms with Crippen molar-refractivity contribution in [3.63, 3.8) is 0 Å². The van der Waals surface area contributed by atoms with E-state index in [9.17, 15) is 4.79 Å². The molecular weight excluding hydrogens is 216 g/mol. The zero-order valence-electron chi connectivity index (χ0n) is 10.3. The summed E-state index contributed by atoms with van der Waals surface area (Å²) < 4.78 is 10.5. The number of aryl methyl sites for hydroxylation is 1. The Balaban J connectivity index is 1.82. The van der Waals surface area contributed by atoms with E-state index in [0.717, 1.165) is 12.8 Å². The first-order chi connectivity index (χ1) is 8.16. The summed E-state index contributed by atoms with van der Waals surface area (Å²) in [6, 6.07) is 10.2. The molecule has 0 unspecified atom stereocenters. The lowest BCUT2D eigenvalue weighted by molar-refractivity contribution is -0.148. The van der Waals surface area contributed by atoms with Crippen LogP contribution in [-0.2, 0) is 20.7 Å².